The first-order chi connectivity index (χ1) is 8.22. The normalized spacial score (nSPS) is 20.0. The Hall–Kier alpha value is -2.37. The molecule has 88 valence electrons. The summed E-state index contributed by atoms with van der Waals surface area (Å²) >= 11 is 0. The summed E-state index contributed by atoms with van der Waals surface area (Å²) < 4.78 is 0. The molecule has 2 rings (SSSR count). The van der Waals surface area contributed by atoms with Crippen LogP contribution in [0.15, 0.2) is 40.6 Å². The lowest BCUT2D eigenvalue weighted by molar-refractivity contribution is -0.127. The number of nitrogens with zero attached hydrogens (tertiary/aromatic N) is 3. The van der Waals surface area contributed by atoms with Crippen molar-refractivity contribution in [2.75, 3.05) is 0 Å². The summed E-state index contributed by atoms with van der Waals surface area (Å²) in [6, 6.07) is 9.54. The highest BCUT2D eigenvalue weighted by molar-refractivity contribution is 6.10. The minimum atomic E-state index is -0.490. The van der Waals surface area contributed by atoms with E-state index in [1.807, 2.05) is 30.3 Å². The first kappa shape index (κ1) is 11.1. The van der Waals surface area contributed by atoms with Crippen LogP contribution in [0.4, 0.5) is 0 Å². The number of nitrogens with two attached hydrogens (primary N) is 1. The molecule has 1 aliphatic heterocycles. The number of amides is 1. The van der Waals surface area contributed by atoms with Gasteiger partial charge in [-0.2, -0.15) is 10.1 Å². The highest BCUT2D eigenvalue weighted by Gasteiger charge is 2.33. The van der Waals surface area contributed by atoms with Gasteiger partial charge < -0.3 is 10.9 Å². The second kappa shape index (κ2) is 4.65. The molecular weight excluding hydrogens is 220 g/mol. The number of carbonyl (C=O) groups is 1. The lowest BCUT2D eigenvalue weighted by Gasteiger charge is -2.09. The van der Waals surface area contributed by atoms with Gasteiger partial charge in [-0.1, -0.05) is 35.5 Å². The molecule has 1 aliphatic rings. The molecule has 1 unspecified atom stereocenters. The molecule has 1 aromatic rings. The van der Waals surface area contributed by atoms with Gasteiger partial charge in [0.1, 0.15) is 11.8 Å². The van der Waals surface area contributed by atoms with Crippen LogP contribution in [0.5, 0.6) is 0 Å². The fourth-order valence-corrected chi connectivity index (χ4v) is 1.70. The number of hydrogen-bond acceptors (Lipinski definition) is 5. The standard InChI is InChI=1S/C11H12N4O2/c12-10-9(6-8-4-2-1-3-5-8)11(16)15(14-10)7-13-17/h1-5,7,9,17H,6H2,(H2,12,14). The van der Waals surface area contributed by atoms with E-state index in [1.54, 1.807) is 0 Å². The Labute approximate surface area is 98.0 Å². The molecule has 6 nitrogen and oxygen atoms in total. The fourth-order valence-electron chi connectivity index (χ4n) is 1.70. The number of benzene rings is 1. The van der Waals surface area contributed by atoms with Gasteiger partial charge in [-0.3, -0.25) is 4.79 Å². The highest BCUT2D eigenvalue weighted by Crippen LogP contribution is 2.17. The monoisotopic (exact) mass is 232 g/mol. The van der Waals surface area contributed by atoms with Crippen molar-refractivity contribution in [3.8, 4) is 0 Å². The van der Waals surface area contributed by atoms with Crippen LogP contribution in [-0.2, 0) is 11.2 Å². The van der Waals surface area contributed by atoms with E-state index in [0.29, 0.717) is 6.42 Å². The molecule has 1 heterocycles. The third-order valence-corrected chi connectivity index (χ3v) is 2.55. The summed E-state index contributed by atoms with van der Waals surface area (Å²) in [4.78, 5) is 11.8. The Kier molecular flexibility index (Phi) is 3.04. The number of hydrogen-bond donors (Lipinski definition) is 2. The minimum Gasteiger partial charge on any atom is -0.410 e. The molecule has 17 heavy (non-hydrogen) atoms. The summed E-state index contributed by atoms with van der Waals surface area (Å²) in [5.74, 6) is -0.543. The Morgan fingerprint density at radius 1 is 1.47 bits per heavy atom. The maximum Gasteiger partial charge on any atom is 0.259 e. The van der Waals surface area contributed by atoms with E-state index in [1.165, 1.54) is 0 Å². The fraction of sp³-hybridized carbons (Fsp3) is 0.182. The maximum atomic E-state index is 11.8. The molecule has 0 spiro atoms. The third-order valence-electron chi connectivity index (χ3n) is 2.55. The Bertz CT molecular complexity index is 470. The third kappa shape index (κ3) is 2.25. The first-order valence-corrected chi connectivity index (χ1v) is 5.11. The zero-order valence-corrected chi connectivity index (χ0v) is 9.02. The van der Waals surface area contributed by atoms with E-state index in [0.717, 1.165) is 16.9 Å². The lowest BCUT2D eigenvalue weighted by atomic mass is 9.98. The van der Waals surface area contributed by atoms with Crippen molar-refractivity contribution in [3.63, 3.8) is 0 Å². The van der Waals surface area contributed by atoms with E-state index in [2.05, 4.69) is 10.3 Å². The molecule has 0 fully saturated rings. The minimum absolute atomic E-state index is 0.235. The lowest BCUT2D eigenvalue weighted by Crippen LogP contribution is -2.31. The molecular formula is C11H12N4O2. The number of carbonyl (C=O) groups excluding carboxylic acids is 1. The van der Waals surface area contributed by atoms with Crippen molar-refractivity contribution in [3.05, 3.63) is 35.9 Å². The molecule has 1 atom stereocenters. The molecule has 0 aromatic heterocycles. The SMILES string of the molecule is NC1=NN(C=NO)C(=O)C1Cc1ccccc1. The zero-order valence-electron chi connectivity index (χ0n) is 9.02. The molecule has 0 saturated carbocycles. The summed E-state index contributed by atoms with van der Waals surface area (Å²) in [7, 11) is 0. The van der Waals surface area contributed by atoms with E-state index < -0.39 is 5.92 Å². The molecule has 3 N–H and O–H groups in total. The van der Waals surface area contributed by atoms with Crippen LogP contribution in [0.25, 0.3) is 0 Å². The molecule has 6 heteroatoms. The maximum absolute atomic E-state index is 11.8. The molecule has 1 aromatic carbocycles. The Balaban J connectivity index is 2.13. The van der Waals surface area contributed by atoms with Gasteiger partial charge >= 0.3 is 0 Å². The van der Waals surface area contributed by atoms with Crippen LogP contribution < -0.4 is 5.73 Å². The summed E-state index contributed by atoms with van der Waals surface area (Å²) in [6.45, 7) is 0. The van der Waals surface area contributed by atoms with E-state index in [-0.39, 0.29) is 11.7 Å². The number of rotatable bonds is 3. The predicted octanol–water partition coefficient (Wildman–Crippen LogP) is 0.377. The van der Waals surface area contributed by atoms with Crippen LogP contribution in [-0.4, -0.2) is 28.3 Å². The second-order valence-electron chi connectivity index (χ2n) is 3.68. The molecule has 0 radical (unpaired) electrons. The summed E-state index contributed by atoms with van der Waals surface area (Å²) in [5.41, 5.74) is 6.69. The van der Waals surface area contributed by atoms with Crippen LogP contribution in [0.1, 0.15) is 5.56 Å². The van der Waals surface area contributed by atoms with Crippen molar-refractivity contribution < 1.29 is 10.0 Å². The Morgan fingerprint density at radius 2 is 2.18 bits per heavy atom. The van der Waals surface area contributed by atoms with Crippen LogP contribution in [0.2, 0.25) is 0 Å². The Morgan fingerprint density at radius 3 is 2.82 bits per heavy atom. The number of oxime groups is 1. The van der Waals surface area contributed by atoms with Crippen LogP contribution in [0, 0.1) is 5.92 Å². The van der Waals surface area contributed by atoms with Crippen molar-refractivity contribution in [2.24, 2.45) is 21.9 Å². The van der Waals surface area contributed by atoms with Crippen molar-refractivity contribution in [2.45, 2.75) is 6.42 Å². The van der Waals surface area contributed by atoms with Gasteiger partial charge in [0.15, 0.2) is 6.34 Å². The number of amidine groups is 1. The van der Waals surface area contributed by atoms with Gasteiger partial charge in [-0.15, -0.1) is 0 Å². The van der Waals surface area contributed by atoms with Gasteiger partial charge in [0, 0.05) is 0 Å². The molecule has 0 bridgehead atoms. The second-order valence-corrected chi connectivity index (χ2v) is 3.68. The van der Waals surface area contributed by atoms with Crippen molar-refractivity contribution in [1.82, 2.24) is 5.01 Å². The average molecular weight is 232 g/mol. The summed E-state index contributed by atoms with van der Waals surface area (Å²) in [5, 5.41) is 15.9. The summed E-state index contributed by atoms with van der Waals surface area (Å²) in [6.07, 6.45) is 1.42. The van der Waals surface area contributed by atoms with Gasteiger partial charge in [-0.05, 0) is 12.0 Å². The largest absolute Gasteiger partial charge is 0.410 e. The average Bonchev–Trinajstić information content (AvgIpc) is 2.59. The zero-order chi connectivity index (χ0) is 12.3. The highest BCUT2D eigenvalue weighted by atomic mass is 16.4. The van der Waals surface area contributed by atoms with Crippen molar-refractivity contribution >= 4 is 18.1 Å². The van der Waals surface area contributed by atoms with Crippen LogP contribution >= 0.6 is 0 Å². The first-order valence-electron chi connectivity index (χ1n) is 5.11. The van der Waals surface area contributed by atoms with Crippen LogP contribution in [0.3, 0.4) is 0 Å². The van der Waals surface area contributed by atoms with E-state index in [9.17, 15) is 4.79 Å². The number of hydrazone groups is 1. The molecule has 0 saturated heterocycles. The van der Waals surface area contributed by atoms with E-state index >= 15 is 0 Å². The van der Waals surface area contributed by atoms with E-state index in [4.69, 9.17) is 10.9 Å². The van der Waals surface area contributed by atoms with Gasteiger partial charge in [0.25, 0.3) is 5.91 Å². The molecule has 1 amide bonds. The molecule has 0 aliphatic carbocycles. The van der Waals surface area contributed by atoms with Gasteiger partial charge in [0.2, 0.25) is 0 Å². The topological polar surface area (TPSA) is 91.3 Å². The van der Waals surface area contributed by atoms with Gasteiger partial charge in [-0.25, -0.2) is 0 Å². The van der Waals surface area contributed by atoms with Gasteiger partial charge in [0.05, 0.1) is 0 Å². The quantitative estimate of drug-likeness (QED) is 0.341. The predicted molar refractivity (Wildman–Crippen MR) is 62.4 cm³/mol. The smallest absolute Gasteiger partial charge is 0.259 e. The van der Waals surface area contributed by atoms with Crippen molar-refractivity contribution in [1.29, 1.82) is 0 Å².